The third-order valence-electron chi connectivity index (χ3n) is 11.5. The number of ether oxygens (including phenoxy) is 6. The molecule has 8 rings (SSSR count). The number of halogens is 1. The molecule has 10 atom stereocenters. The molecule has 6 heterocycles. The highest BCUT2D eigenvalue weighted by molar-refractivity contribution is 7.47. The van der Waals surface area contributed by atoms with Gasteiger partial charge in [-0.05, 0) is 47.9 Å². The molecule has 74 heavy (non-hydrogen) atoms. The largest absolute Gasteiger partial charge is 0.472 e. The maximum Gasteiger partial charge on any atom is 0.472 e. The molecular weight excluding hydrogens is 1030 g/mol. The quantitative estimate of drug-likeness (QED) is 0.0423. The molecule has 398 valence electrons. The van der Waals surface area contributed by atoms with E-state index in [0.717, 1.165) is 15.8 Å². The molecule has 0 aliphatic carbocycles. The molecule has 0 spiro atoms. The van der Waals surface area contributed by atoms with Crippen LogP contribution < -0.4 is 22.5 Å². The highest BCUT2D eigenvalue weighted by atomic mass is 31.2. The van der Waals surface area contributed by atoms with Crippen LogP contribution in [0.5, 0.6) is 0 Å². The summed E-state index contributed by atoms with van der Waals surface area (Å²) in [4.78, 5) is 99.1. The van der Waals surface area contributed by atoms with Crippen molar-refractivity contribution in [3.63, 3.8) is 0 Å². The summed E-state index contributed by atoms with van der Waals surface area (Å²) in [5.41, 5.74) is 12.4. The maximum absolute atomic E-state index is 14.0. The number of hydrogen-bond acceptors (Lipinski definition) is 22. The molecular formula is C42H49FN10O19P2. The fourth-order valence-electron chi connectivity index (χ4n) is 7.98. The highest BCUT2D eigenvalue weighted by Crippen LogP contribution is 2.51. The fraction of sp³-hybridized carbons (Fsp3) is 0.429. The second-order valence-electron chi connectivity index (χ2n) is 16.8. The standard InChI is InChI=1S/C42H49FN10O19P2/c1-51(42(58)65-17-23-6-10-25(11-7-23)49-29(54)15-22-4-8-24(43)9-5-22)16-30(55)70-34-26(68-39(33(34)56)53-21-48-32-37(45)46-20-47-38(32)53)19-67-74(62,63)72-35-27(18-66-73(59,60)61)69-40(36(35)71-31-3-2-14-64-31)52-13-12-28(44)50-41(52)57/h4-13,20-21,26-27,31,33-36,39-40,56H,2-3,14-19H2,1H3,(H,49,54)(H,62,63)(H2,44,50,57)(H2,45,46,47)(H2,59,60,61)/t26-,27-,31?,33?,34?,35-,36-,39-,40-/m1/s1. The van der Waals surface area contributed by atoms with E-state index in [0.29, 0.717) is 29.7 Å². The first kappa shape index (κ1) is 53.9. The van der Waals surface area contributed by atoms with Crippen LogP contribution in [0.4, 0.5) is 26.5 Å². The van der Waals surface area contributed by atoms with E-state index < -0.39 is 114 Å². The van der Waals surface area contributed by atoms with Gasteiger partial charge in [0, 0.05) is 32.0 Å². The summed E-state index contributed by atoms with van der Waals surface area (Å²) in [6.07, 6.45) is -10.7. The summed E-state index contributed by atoms with van der Waals surface area (Å²) in [7, 11) is -9.43. The third kappa shape index (κ3) is 13.5. The van der Waals surface area contributed by atoms with Crippen LogP contribution in [-0.4, -0.2) is 148 Å². The number of esters is 1. The zero-order valence-corrected chi connectivity index (χ0v) is 40.5. The summed E-state index contributed by atoms with van der Waals surface area (Å²) in [6, 6.07) is 13.1. The van der Waals surface area contributed by atoms with Gasteiger partial charge in [0.25, 0.3) is 0 Å². The molecule has 3 aliphatic rings. The lowest BCUT2D eigenvalue weighted by Gasteiger charge is -2.28. The lowest BCUT2D eigenvalue weighted by atomic mass is 10.1. The summed E-state index contributed by atoms with van der Waals surface area (Å²) in [5.74, 6) is -2.07. The summed E-state index contributed by atoms with van der Waals surface area (Å²) in [6.45, 7) is -2.69. The van der Waals surface area contributed by atoms with Gasteiger partial charge in [0.2, 0.25) is 5.91 Å². The number of phosphoric acid groups is 2. The van der Waals surface area contributed by atoms with E-state index >= 15 is 0 Å². The third-order valence-corrected chi connectivity index (χ3v) is 12.9. The van der Waals surface area contributed by atoms with Gasteiger partial charge < -0.3 is 69.9 Å². The predicted molar refractivity (Wildman–Crippen MR) is 247 cm³/mol. The van der Waals surface area contributed by atoms with E-state index in [9.17, 15) is 52.5 Å². The number of nitrogens with two attached hydrogens (primary N) is 2. The molecule has 0 bridgehead atoms. The molecule has 3 fully saturated rings. The number of nitrogens with zero attached hydrogens (tertiary/aromatic N) is 7. The van der Waals surface area contributed by atoms with Crippen LogP contribution in [0.15, 0.2) is 78.2 Å². The van der Waals surface area contributed by atoms with Crippen molar-refractivity contribution in [1.82, 2.24) is 34.0 Å². The second kappa shape index (κ2) is 23.0. The van der Waals surface area contributed by atoms with Gasteiger partial charge in [0.1, 0.15) is 67.2 Å². The molecule has 29 nitrogen and oxygen atoms in total. The fourth-order valence-corrected chi connectivity index (χ4v) is 9.28. The van der Waals surface area contributed by atoms with Gasteiger partial charge >= 0.3 is 33.4 Å². The molecule has 2 aromatic carbocycles. The van der Waals surface area contributed by atoms with Crippen molar-refractivity contribution < 1.29 is 89.7 Å². The number of anilines is 3. The zero-order valence-electron chi connectivity index (χ0n) is 38.8. The summed E-state index contributed by atoms with van der Waals surface area (Å²) in [5, 5.41) is 14.4. The summed E-state index contributed by atoms with van der Waals surface area (Å²) >= 11 is 0. The molecule has 3 aromatic heterocycles. The van der Waals surface area contributed by atoms with Crippen molar-refractivity contribution in [2.45, 2.75) is 81.2 Å². The zero-order chi connectivity index (χ0) is 52.9. The molecule has 9 N–H and O–H groups in total. The molecule has 4 unspecified atom stereocenters. The van der Waals surface area contributed by atoms with Gasteiger partial charge in [-0.15, -0.1) is 0 Å². The molecule has 2 amide bonds. The Morgan fingerprint density at radius 1 is 0.905 bits per heavy atom. The lowest BCUT2D eigenvalue weighted by molar-refractivity contribution is -0.181. The van der Waals surface area contributed by atoms with Crippen LogP contribution in [0.25, 0.3) is 11.2 Å². The van der Waals surface area contributed by atoms with Crippen LogP contribution in [-0.2, 0) is 73.7 Å². The Bertz CT molecular complexity index is 2960. The topological polar surface area (TPSA) is 395 Å². The minimum Gasteiger partial charge on any atom is -0.455 e. The Kier molecular flexibility index (Phi) is 16.8. The van der Waals surface area contributed by atoms with E-state index in [1.54, 1.807) is 24.3 Å². The van der Waals surface area contributed by atoms with Gasteiger partial charge in [0.15, 0.2) is 36.3 Å². The smallest absolute Gasteiger partial charge is 0.455 e. The van der Waals surface area contributed by atoms with Crippen molar-refractivity contribution in [2.75, 3.05) is 50.2 Å². The number of amides is 2. The number of aliphatic hydroxyl groups excluding tert-OH is 1. The molecule has 0 saturated carbocycles. The first-order valence-corrected chi connectivity index (χ1v) is 25.3. The Morgan fingerprint density at radius 2 is 1.61 bits per heavy atom. The minimum absolute atomic E-state index is 0.00880. The second-order valence-corrected chi connectivity index (χ2v) is 19.5. The number of fused-ring (bicyclic) bond motifs is 1. The number of nitrogen functional groups attached to an aromatic ring is 2. The first-order chi connectivity index (χ1) is 35.2. The van der Waals surface area contributed by atoms with Crippen LogP contribution in [0.2, 0.25) is 0 Å². The Hall–Kier alpha value is -6.37. The lowest BCUT2D eigenvalue weighted by Crippen LogP contribution is -2.42. The van der Waals surface area contributed by atoms with Crippen LogP contribution in [0, 0.1) is 5.82 Å². The number of hydrogen-bond donors (Lipinski definition) is 7. The van der Waals surface area contributed by atoms with Crippen molar-refractivity contribution in [3.8, 4) is 0 Å². The number of aliphatic hydroxyl groups is 1. The van der Waals surface area contributed by atoms with E-state index in [4.69, 9.17) is 48.9 Å². The van der Waals surface area contributed by atoms with E-state index in [1.165, 1.54) is 54.5 Å². The average molecular weight is 1080 g/mol. The Labute approximate surface area is 417 Å². The average Bonchev–Trinajstić information content (AvgIpc) is 4.15. The SMILES string of the molecule is CN(CC(=O)OC1C(O)[C@H](n2cnc3c(N)ncnc32)O[C@@H]1COP(=O)(O)O[C@H]1[C@@H](OC2CCCO2)[C@H](n2ccc(N)nc2=O)O[C@@H]1COP(=O)(O)O)C(=O)OCc1ccc(NC(=O)Cc2ccc(F)cc2)cc1. The highest BCUT2D eigenvalue weighted by Gasteiger charge is 2.54. The summed E-state index contributed by atoms with van der Waals surface area (Å²) < 4.78 is 91.5. The molecule has 3 aliphatic heterocycles. The van der Waals surface area contributed by atoms with Gasteiger partial charge in [-0.2, -0.15) is 4.98 Å². The number of rotatable bonds is 20. The van der Waals surface area contributed by atoms with Crippen LogP contribution in [0.1, 0.15) is 36.4 Å². The number of nitrogens with one attached hydrogen (secondary N) is 1. The number of phosphoric ester groups is 2. The Morgan fingerprint density at radius 3 is 2.31 bits per heavy atom. The molecule has 32 heteroatoms. The van der Waals surface area contributed by atoms with E-state index in [2.05, 4.69) is 29.8 Å². The first-order valence-electron chi connectivity index (χ1n) is 22.3. The van der Waals surface area contributed by atoms with E-state index in [1.807, 2.05) is 0 Å². The molecule has 3 saturated heterocycles. The number of benzene rings is 2. The van der Waals surface area contributed by atoms with Crippen molar-refractivity contribution in [3.05, 3.63) is 101 Å². The van der Waals surface area contributed by atoms with Crippen LogP contribution >= 0.6 is 15.6 Å². The number of carbonyl (C=O) groups excluding carboxylic acids is 3. The van der Waals surface area contributed by atoms with Crippen molar-refractivity contribution >= 4 is 62.1 Å². The van der Waals surface area contributed by atoms with Crippen molar-refractivity contribution in [1.29, 1.82) is 0 Å². The number of carbonyl (C=O) groups is 3. The maximum atomic E-state index is 14.0. The molecule has 5 aromatic rings. The minimum atomic E-state index is -5.44. The van der Waals surface area contributed by atoms with Gasteiger partial charge in [-0.1, -0.05) is 24.3 Å². The predicted octanol–water partition coefficient (Wildman–Crippen LogP) is 1.04. The van der Waals surface area contributed by atoms with Crippen LogP contribution in [0.3, 0.4) is 0 Å². The molecule has 0 radical (unpaired) electrons. The number of aromatic nitrogens is 6. The van der Waals surface area contributed by atoms with Gasteiger partial charge in [-0.25, -0.2) is 38.1 Å². The van der Waals surface area contributed by atoms with E-state index in [-0.39, 0.29) is 48.3 Å². The van der Waals surface area contributed by atoms with Gasteiger partial charge in [-0.3, -0.25) is 32.3 Å². The number of likely N-dealkylation sites (N-methyl/N-ethyl adjacent to an activating group) is 1. The normalized spacial score (nSPS) is 24.6. The monoisotopic (exact) mass is 1080 g/mol. The Balaban J connectivity index is 0.942. The number of imidazole rings is 1. The van der Waals surface area contributed by atoms with Gasteiger partial charge in [0.05, 0.1) is 26.0 Å². The van der Waals surface area contributed by atoms with Crippen molar-refractivity contribution in [2.24, 2.45) is 0 Å².